The molecule has 0 bridgehead atoms. The van der Waals surface area contributed by atoms with Gasteiger partial charge >= 0.3 is 0 Å². The van der Waals surface area contributed by atoms with Crippen LogP contribution in [0.1, 0.15) is 37.2 Å². The van der Waals surface area contributed by atoms with Gasteiger partial charge in [0, 0.05) is 24.1 Å². The molecule has 0 radical (unpaired) electrons. The van der Waals surface area contributed by atoms with Crippen molar-refractivity contribution >= 4 is 11.8 Å². The molecular formula is C15H25N5. The summed E-state index contributed by atoms with van der Waals surface area (Å²) in [5.74, 6) is 1.58. The molecule has 4 N–H and O–H groups in total. The Morgan fingerprint density at radius 3 is 2.50 bits per heavy atom. The molecule has 110 valence electrons. The van der Waals surface area contributed by atoms with Gasteiger partial charge in [0.2, 0.25) is 0 Å². The molecule has 0 saturated heterocycles. The summed E-state index contributed by atoms with van der Waals surface area (Å²) < 4.78 is 0. The highest BCUT2D eigenvalue weighted by Gasteiger charge is 2.08. The Balaban J connectivity index is 0.000000193. The summed E-state index contributed by atoms with van der Waals surface area (Å²) in [6.45, 7) is 9.00. The molecule has 0 aliphatic carbocycles. The Morgan fingerprint density at radius 2 is 1.95 bits per heavy atom. The SMILES string of the molecule is CC.Cc1ccc2c(n1)NCCC2.Cc1cnc(N)[nH]1. The maximum absolute atomic E-state index is 5.21. The summed E-state index contributed by atoms with van der Waals surface area (Å²) in [4.78, 5) is 10.9. The van der Waals surface area contributed by atoms with Crippen molar-refractivity contribution in [1.82, 2.24) is 15.0 Å². The zero-order valence-corrected chi connectivity index (χ0v) is 12.8. The Morgan fingerprint density at radius 1 is 1.20 bits per heavy atom. The predicted molar refractivity (Wildman–Crippen MR) is 84.9 cm³/mol. The topological polar surface area (TPSA) is 79.6 Å². The molecule has 0 aromatic carbocycles. The average Bonchev–Trinajstić information content (AvgIpc) is 2.85. The van der Waals surface area contributed by atoms with Crippen molar-refractivity contribution < 1.29 is 0 Å². The lowest BCUT2D eigenvalue weighted by atomic mass is 10.1. The van der Waals surface area contributed by atoms with Crippen LogP contribution >= 0.6 is 0 Å². The number of fused-ring (bicyclic) bond motifs is 1. The van der Waals surface area contributed by atoms with Crippen LogP contribution in [0.3, 0.4) is 0 Å². The molecule has 5 nitrogen and oxygen atoms in total. The first kappa shape index (κ1) is 16.0. The molecule has 2 aromatic rings. The molecule has 2 aromatic heterocycles. The minimum absolute atomic E-state index is 0.484. The number of aryl methyl sites for hydroxylation is 3. The third-order valence-corrected chi connectivity index (χ3v) is 2.76. The van der Waals surface area contributed by atoms with E-state index < -0.39 is 0 Å². The zero-order chi connectivity index (χ0) is 15.0. The number of anilines is 2. The lowest BCUT2D eigenvalue weighted by molar-refractivity contribution is 0.815. The second kappa shape index (κ2) is 8.19. The van der Waals surface area contributed by atoms with Gasteiger partial charge in [-0.25, -0.2) is 9.97 Å². The molecule has 3 heterocycles. The van der Waals surface area contributed by atoms with Crippen molar-refractivity contribution in [2.24, 2.45) is 0 Å². The average molecular weight is 275 g/mol. The molecule has 0 saturated carbocycles. The number of nitrogens with one attached hydrogen (secondary N) is 2. The van der Waals surface area contributed by atoms with E-state index in [9.17, 15) is 0 Å². The van der Waals surface area contributed by atoms with Gasteiger partial charge in [-0.1, -0.05) is 19.9 Å². The third-order valence-electron chi connectivity index (χ3n) is 2.76. The second-order valence-corrected chi connectivity index (χ2v) is 4.44. The summed E-state index contributed by atoms with van der Waals surface area (Å²) in [6, 6.07) is 4.25. The summed E-state index contributed by atoms with van der Waals surface area (Å²) in [7, 11) is 0. The fourth-order valence-corrected chi connectivity index (χ4v) is 1.86. The van der Waals surface area contributed by atoms with E-state index in [1.54, 1.807) is 6.20 Å². The van der Waals surface area contributed by atoms with Crippen molar-refractivity contribution in [3.05, 3.63) is 35.3 Å². The van der Waals surface area contributed by atoms with Gasteiger partial charge in [-0.3, -0.25) is 0 Å². The van der Waals surface area contributed by atoms with Crippen molar-refractivity contribution in [3.8, 4) is 0 Å². The Bertz CT molecular complexity index is 502. The van der Waals surface area contributed by atoms with Gasteiger partial charge in [-0.15, -0.1) is 0 Å². The van der Waals surface area contributed by atoms with E-state index in [1.807, 2.05) is 27.7 Å². The normalized spacial score (nSPS) is 12.0. The summed E-state index contributed by atoms with van der Waals surface area (Å²) in [5, 5.41) is 3.29. The van der Waals surface area contributed by atoms with Crippen LogP contribution in [0.25, 0.3) is 0 Å². The number of nitrogens with two attached hydrogens (primary N) is 1. The highest BCUT2D eigenvalue weighted by Crippen LogP contribution is 2.18. The number of hydrogen-bond donors (Lipinski definition) is 3. The number of H-pyrrole nitrogens is 1. The quantitative estimate of drug-likeness (QED) is 0.690. The van der Waals surface area contributed by atoms with Gasteiger partial charge in [0.1, 0.15) is 5.82 Å². The molecule has 5 heteroatoms. The molecule has 1 aliphatic rings. The van der Waals surface area contributed by atoms with E-state index in [4.69, 9.17) is 5.73 Å². The molecule has 0 atom stereocenters. The molecule has 0 spiro atoms. The lowest BCUT2D eigenvalue weighted by Crippen LogP contribution is -2.13. The molecule has 20 heavy (non-hydrogen) atoms. The minimum atomic E-state index is 0.484. The van der Waals surface area contributed by atoms with Gasteiger partial charge in [-0.05, 0) is 38.3 Å². The number of aromatic amines is 1. The van der Waals surface area contributed by atoms with Gasteiger partial charge < -0.3 is 16.0 Å². The highest BCUT2D eigenvalue weighted by atomic mass is 15.0. The molecule has 0 fully saturated rings. The molecule has 3 rings (SSSR count). The fraction of sp³-hybridized carbons (Fsp3) is 0.467. The maximum atomic E-state index is 5.21. The van der Waals surface area contributed by atoms with E-state index in [-0.39, 0.29) is 0 Å². The first-order chi connectivity index (χ1) is 9.65. The van der Waals surface area contributed by atoms with Gasteiger partial charge in [0.25, 0.3) is 0 Å². The van der Waals surface area contributed by atoms with E-state index in [0.717, 1.165) is 23.8 Å². The van der Waals surface area contributed by atoms with E-state index in [1.165, 1.54) is 18.4 Å². The van der Waals surface area contributed by atoms with Crippen LogP contribution in [0, 0.1) is 13.8 Å². The van der Waals surface area contributed by atoms with Gasteiger partial charge in [0.05, 0.1) is 0 Å². The lowest BCUT2D eigenvalue weighted by Gasteiger charge is -2.16. The number of hydrogen-bond acceptors (Lipinski definition) is 4. The number of nitrogens with zero attached hydrogens (tertiary/aromatic N) is 2. The zero-order valence-electron chi connectivity index (χ0n) is 12.8. The van der Waals surface area contributed by atoms with Crippen molar-refractivity contribution in [1.29, 1.82) is 0 Å². The number of imidazole rings is 1. The molecule has 0 amide bonds. The standard InChI is InChI=1S/C9H12N2.C4H7N3.C2H6/c1-7-4-5-8-3-2-6-10-9(8)11-7;1-3-2-6-4(5)7-3;1-2/h4-5H,2-3,6H2,1H3,(H,10,11);2H,1H3,(H3,5,6,7);1-2H3. The largest absolute Gasteiger partial charge is 0.370 e. The number of aromatic nitrogens is 3. The van der Waals surface area contributed by atoms with Crippen LogP contribution in [0.5, 0.6) is 0 Å². The second-order valence-electron chi connectivity index (χ2n) is 4.44. The van der Waals surface area contributed by atoms with E-state index >= 15 is 0 Å². The van der Waals surface area contributed by atoms with Crippen LogP contribution in [0.2, 0.25) is 0 Å². The van der Waals surface area contributed by atoms with Crippen molar-refractivity contribution in [2.75, 3.05) is 17.6 Å². The van der Waals surface area contributed by atoms with Crippen molar-refractivity contribution in [2.45, 2.75) is 40.5 Å². The van der Waals surface area contributed by atoms with Crippen LogP contribution < -0.4 is 11.1 Å². The molecular weight excluding hydrogens is 250 g/mol. The fourth-order valence-electron chi connectivity index (χ4n) is 1.86. The van der Waals surface area contributed by atoms with E-state index in [0.29, 0.717) is 5.95 Å². The molecule has 1 aliphatic heterocycles. The molecule has 0 unspecified atom stereocenters. The van der Waals surface area contributed by atoms with Crippen molar-refractivity contribution in [3.63, 3.8) is 0 Å². The third kappa shape index (κ3) is 4.91. The maximum Gasteiger partial charge on any atom is 0.197 e. The Kier molecular flexibility index (Phi) is 6.56. The number of pyridine rings is 1. The highest BCUT2D eigenvalue weighted by molar-refractivity contribution is 5.46. The van der Waals surface area contributed by atoms with Crippen LogP contribution in [-0.4, -0.2) is 21.5 Å². The predicted octanol–water partition coefficient (Wildman–Crippen LogP) is 3.07. The van der Waals surface area contributed by atoms with Gasteiger partial charge in [-0.2, -0.15) is 0 Å². The van der Waals surface area contributed by atoms with Crippen LogP contribution in [-0.2, 0) is 6.42 Å². The Hall–Kier alpha value is -2.04. The van der Waals surface area contributed by atoms with Gasteiger partial charge in [0.15, 0.2) is 5.95 Å². The summed E-state index contributed by atoms with van der Waals surface area (Å²) in [5.41, 5.74) is 8.67. The smallest absolute Gasteiger partial charge is 0.197 e. The number of nitrogen functional groups attached to an aromatic ring is 1. The van der Waals surface area contributed by atoms with E-state index in [2.05, 4.69) is 32.4 Å². The first-order valence-electron chi connectivity index (χ1n) is 7.12. The van der Waals surface area contributed by atoms with Crippen LogP contribution in [0.4, 0.5) is 11.8 Å². The van der Waals surface area contributed by atoms with Crippen LogP contribution in [0.15, 0.2) is 18.3 Å². The summed E-state index contributed by atoms with van der Waals surface area (Å²) >= 11 is 0. The summed E-state index contributed by atoms with van der Waals surface area (Å²) in [6.07, 6.45) is 4.10. The number of rotatable bonds is 0. The Labute approximate surface area is 121 Å². The minimum Gasteiger partial charge on any atom is -0.370 e. The first-order valence-corrected chi connectivity index (χ1v) is 7.12. The monoisotopic (exact) mass is 275 g/mol.